The third-order valence-electron chi connectivity index (χ3n) is 6.33. The van der Waals surface area contributed by atoms with Gasteiger partial charge in [0.05, 0.1) is 5.69 Å². The maximum absolute atomic E-state index is 13.6. The van der Waals surface area contributed by atoms with Gasteiger partial charge in [-0.2, -0.15) is 0 Å². The van der Waals surface area contributed by atoms with Crippen molar-refractivity contribution in [3.05, 3.63) is 77.5 Å². The molecule has 2 aromatic heterocycles. The van der Waals surface area contributed by atoms with Crippen LogP contribution < -0.4 is 9.80 Å². The van der Waals surface area contributed by atoms with Gasteiger partial charge in [-0.3, -0.25) is 14.7 Å². The van der Waals surface area contributed by atoms with Gasteiger partial charge < -0.3 is 9.74 Å². The highest BCUT2D eigenvalue weighted by Crippen LogP contribution is 2.48. The molecular formula is C25H21N5OS. The standard InChI is InChI=1S/C25H21N5OS/c1-16-11-19(14-27-13-16)18-5-7-20(8-6-18)30-24(32)29(23(31)25(30)9-4-10-25)21-12-17(2)22(26-3)28-15-21/h5-8,11-15H,4,9-10H2,1-2H3. The van der Waals surface area contributed by atoms with Crippen molar-refractivity contribution in [3.63, 3.8) is 0 Å². The van der Waals surface area contributed by atoms with Crippen LogP contribution in [0.15, 0.2) is 55.0 Å². The molecule has 0 atom stereocenters. The Kier molecular flexibility index (Phi) is 4.75. The summed E-state index contributed by atoms with van der Waals surface area (Å²) < 4.78 is 0. The van der Waals surface area contributed by atoms with Crippen LogP contribution in [0.5, 0.6) is 0 Å². The first-order valence-corrected chi connectivity index (χ1v) is 10.9. The van der Waals surface area contributed by atoms with Gasteiger partial charge in [0.1, 0.15) is 11.7 Å². The van der Waals surface area contributed by atoms with E-state index in [2.05, 4.69) is 20.9 Å². The van der Waals surface area contributed by atoms with Crippen molar-refractivity contribution in [2.24, 2.45) is 0 Å². The zero-order valence-corrected chi connectivity index (χ0v) is 18.7. The lowest BCUT2D eigenvalue weighted by atomic mass is 9.75. The van der Waals surface area contributed by atoms with E-state index in [1.54, 1.807) is 11.1 Å². The van der Waals surface area contributed by atoms with Crippen LogP contribution in [-0.2, 0) is 4.79 Å². The van der Waals surface area contributed by atoms with Crippen molar-refractivity contribution in [1.82, 2.24) is 9.97 Å². The Morgan fingerprint density at radius 2 is 1.78 bits per heavy atom. The number of carbonyl (C=O) groups is 1. The van der Waals surface area contributed by atoms with E-state index in [0.717, 1.165) is 47.2 Å². The summed E-state index contributed by atoms with van der Waals surface area (Å²) in [5.41, 5.74) is 4.82. The summed E-state index contributed by atoms with van der Waals surface area (Å²) in [5, 5.41) is 0.455. The maximum Gasteiger partial charge on any atom is 0.272 e. The molecule has 6 nitrogen and oxygen atoms in total. The number of amides is 1. The van der Waals surface area contributed by atoms with Crippen molar-refractivity contribution in [1.29, 1.82) is 0 Å². The molecule has 1 aromatic carbocycles. The molecule has 0 unspecified atom stereocenters. The number of pyridine rings is 2. The van der Waals surface area contributed by atoms with Crippen molar-refractivity contribution in [3.8, 4) is 11.1 Å². The first-order valence-electron chi connectivity index (χ1n) is 10.5. The predicted octanol–water partition coefficient (Wildman–Crippen LogP) is 5.37. The second kappa shape index (κ2) is 7.50. The van der Waals surface area contributed by atoms with Crippen molar-refractivity contribution in [2.75, 3.05) is 9.80 Å². The number of rotatable bonds is 3. The van der Waals surface area contributed by atoms with Gasteiger partial charge in [-0.05, 0) is 86.3 Å². The first kappa shape index (κ1) is 20.3. The smallest absolute Gasteiger partial charge is 0.272 e. The summed E-state index contributed by atoms with van der Waals surface area (Å²) in [5.74, 6) is 0.320. The number of aryl methyl sites for hydroxylation is 2. The van der Waals surface area contributed by atoms with E-state index in [0.29, 0.717) is 16.6 Å². The third-order valence-corrected chi connectivity index (χ3v) is 6.69. The molecule has 1 saturated heterocycles. The molecule has 3 aromatic rings. The van der Waals surface area contributed by atoms with Crippen LogP contribution in [0.1, 0.15) is 30.4 Å². The molecule has 32 heavy (non-hydrogen) atoms. The minimum absolute atomic E-state index is 0.0162. The number of carbonyl (C=O) groups excluding carboxylic acids is 1. The summed E-state index contributed by atoms with van der Waals surface area (Å²) >= 11 is 5.83. The largest absolute Gasteiger partial charge is 0.360 e. The van der Waals surface area contributed by atoms with Crippen LogP contribution >= 0.6 is 12.2 Å². The average molecular weight is 440 g/mol. The normalized spacial score (nSPS) is 16.9. The summed E-state index contributed by atoms with van der Waals surface area (Å²) in [6, 6.07) is 12.0. The van der Waals surface area contributed by atoms with Gasteiger partial charge in [0.2, 0.25) is 0 Å². The van der Waals surface area contributed by atoms with E-state index in [1.165, 1.54) is 0 Å². The topological polar surface area (TPSA) is 53.7 Å². The fraction of sp³-hybridized carbons (Fsp3) is 0.240. The lowest BCUT2D eigenvalue weighted by Crippen LogP contribution is -2.55. The zero-order chi connectivity index (χ0) is 22.5. The van der Waals surface area contributed by atoms with Gasteiger partial charge >= 0.3 is 0 Å². The third kappa shape index (κ3) is 2.99. The van der Waals surface area contributed by atoms with Gasteiger partial charge in [0.25, 0.3) is 11.7 Å². The molecule has 1 amide bonds. The SMILES string of the molecule is [C-]#[N+]c1ncc(N2C(=O)C3(CCC3)N(c3ccc(-c4cncc(C)c4)cc3)C2=S)cc1C. The van der Waals surface area contributed by atoms with Gasteiger partial charge in [-0.15, -0.1) is 4.98 Å². The highest BCUT2D eigenvalue weighted by atomic mass is 32.1. The lowest BCUT2D eigenvalue weighted by Gasteiger charge is -2.43. The Labute approximate surface area is 192 Å². The zero-order valence-electron chi connectivity index (χ0n) is 17.9. The molecule has 2 fully saturated rings. The fourth-order valence-corrected chi connectivity index (χ4v) is 4.98. The quantitative estimate of drug-likeness (QED) is 0.406. The molecule has 1 aliphatic carbocycles. The van der Waals surface area contributed by atoms with E-state index in [9.17, 15) is 4.79 Å². The van der Waals surface area contributed by atoms with Crippen LogP contribution in [0, 0.1) is 20.4 Å². The first-order chi connectivity index (χ1) is 15.4. The van der Waals surface area contributed by atoms with Gasteiger partial charge in [-0.25, -0.2) is 0 Å². The van der Waals surface area contributed by atoms with Crippen LogP contribution in [0.3, 0.4) is 0 Å². The molecule has 1 aliphatic heterocycles. The summed E-state index contributed by atoms with van der Waals surface area (Å²) in [6.45, 7) is 11.1. The van der Waals surface area contributed by atoms with E-state index in [-0.39, 0.29) is 5.91 Å². The second-order valence-corrected chi connectivity index (χ2v) is 8.75. The Morgan fingerprint density at radius 1 is 1.03 bits per heavy atom. The summed E-state index contributed by atoms with van der Waals surface area (Å²) in [6.07, 6.45) is 7.76. The predicted molar refractivity (Wildman–Crippen MR) is 129 cm³/mol. The molecule has 5 rings (SSSR count). The van der Waals surface area contributed by atoms with Crippen molar-refractivity contribution in [2.45, 2.75) is 38.6 Å². The molecule has 1 spiro atoms. The van der Waals surface area contributed by atoms with Crippen molar-refractivity contribution >= 4 is 40.4 Å². The van der Waals surface area contributed by atoms with Crippen LogP contribution in [0.25, 0.3) is 16.0 Å². The monoisotopic (exact) mass is 439 g/mol. The van der Waals surface area contributed by atoms with Gasteiger partial charge in [-0.1, -0.05) is 18.7 Å². The maximum atomic E-state index is 13.6. The molecule has 0 radical (unpaired) electrons. The Bertz CT molecular complexity index is 1290. The van der Waals surface area contributed by atoms with Crippen molar-refractivity contribution < 1.29 is 4.79 Å². The van der Waals surface area contributed by atoms with Gasteiger partial charge in [0, 0.05) is 23.6 Å². The molecule has 158 valence electrons. The summed E-state index contributed by atoms with van der Waals surface area (Å²) in [7, 11) is 0. The molecule has 0 N–H and O–H groups in total. The lowest BCUT2D eigenvalue weighted by molar-refractivity contribution is -0.123. The molecule has 7 heteroatoms. The summed E-state index contributed by atoms with van der Waals surface area (Å²) in [4.78, 5) is 29.1. The Morgan fingerprint density at radius 3 is 2.38 bits per heavy atom. The van der Waals surface area contributed by atoms with Crippen LogP contribution in [0.4, 0.5) is 17.2 Å². The number of thiocarbonyl (C=S) groups is 1. The number of nitrogens with zero attached hydrogens (tertiary/aromatic N) is 5. The Balaban J connectivity index is 1.52. The van der Waals surface area contributed by atoms with Crippen LogP contribution in [-0.4, -0.2) is 26.5 Å². The number of hydrogen-bond acceptors (Lipinski definition) is 4. The number of anilines is 2. The highest BCUT2D eigenvalue weighted by molar-refractivity contribution is 7.81. The minimum atomic E-state index is -0.643. The van der Waals surface area contributed by atoms with Crippen LogP contribution in [0.2, 0.25) is 0 Å². The molecule has 0 bridgehead atoms. The number of aromatic nitrogens is 2. The highest BCUT2D eigenvalue weighted by Gasteiger charge is 2.59. The average Bonchev–Trinajstić information content (AvgIpc) is 3.00. The minimum Gasteiger partial charge on any atom is -0.360 e. The Hall–Kier alpha value is -3.63. The number of hydrogen-bond donors (Lipinski definition) is 0. The molecule has 3 heterocycles. The molecule has 2 aliphatic rings. The van der Waals surface area contributed by atoms with Gasteiger partial charge in [0.15, 0.2) is 5.11 Å². The fourth-order valence-electron chi connectivity index (χ4n) is 4.52. The van der Waals surface area contributed by atoms with E-state index in [1.807, 2.05) is 61.5 Å². The molecular weight excluding hydrogens is 418 g/mol. The van der Waals surface area contributed by atoms with E-state index >= 15 is 0 Å². The number of benzene rings is 1. The van der Waals surface area contributed by atoms with E-state index < -0.39 is 5.54 Å². The molecule has 1 saturated carbocycles. The van der Waals surface area contributed by atoms with E-state index in [4.69, 9.17) is 18.8 Å². The second-order valence-electron chi connectivity index (χ2n) is 8.39.